The number of rotatable bonds is 0. The molecule has 0 radical (unpaired) electrons. The summed E-state index contributed by atoms with van der Waals surface area (Å²) in [6, 6.07) is 11.4. The number of hydrogen-bond donors (Lipinski definition) is 0. The summed E-state index contributed by atoms with van der Waals surface area (Å²) in [5.41, 5.74) is 0.740. The van der Waals surface area contributed by atoms with Crippen molar-refractivity contribution in [3.63, 3.8) is 0 Å². The monoisotopic (exact) mass is 363 g/mol. The van der Waals surface area contributed by atoms with Gasteiger partial charge in [-0.15, -0.1) is 0 Å². The number of nitrogens with zero attached hydrogens (tertiary/aromatic N) is 2. The topological polar surface area (TPSA) is 35.9 Å². The van der Waals surface area contributed by atoms with Crippen molar-refractivity contribution in [1.29, 1.82) is 0 Å². The van der Waals surface area contributed by atoms with E-state index in [1.807, 2.05) is 36.4 Å². The van der Waals surface area contributed by atoms with Crippen molar-refractivity contribution < 1.29 is 4.54 Å². The number of benzene rings is 1. The van der Waals surface area contributed by atoms with E-state index in [1.54, 1.807) is 0 Å². The standard InChI is InChI=1S/C9H6N2O.Tl/c12-11-7-3-5-8-4-1-2-6-9(8)10-11;/h1-6H;/q+1;. The van der Waals surface area contributed by atoms with Crippen molar-refractivity contribution in [2.45, 2.75) is 0 Å². The minimum absolute atomic E-state index is 0.511. The molecular formula is C9H6N2OTl+. The fourth-order valence-corrected chi connectivity index (χ4v) is 1.71. The Bertz CT molecular complexity index is 513. The van der Waals surface area contributed by atoms with Gasteiger partial charge in [0.25, 0.3) is 0 Å². The Balaban J connectivity index is 2.97. The van der Waals surface area contributed by atoms with Gasteiger partial charge in [0, 0.05) is 0 Å². The summed E-state index contributed by atoms with van der Waals surface area (Å²) < 4.78 is 1.48. The van der Waals surface area contributed by atoms with Crippen molar-refractivity contribution in [3.05, 3.63) is 41.3 Å². The summed E-state index contributed by atoms with van der Waals surface area (Å²) in [5.74, 6) is 0. The maximum atomic E-state index is 11.3. The molecule has 0 spiro atoms. The first kappa shape index (κ1) is 8.74. The molecule has 0 amide bonds. The molecule has 0 aliphatic rings. The van der Waals surface area contributed by atoms with Crippen LogP contribution in [0.1, 0.15) is 0 Å². The molecule has 0 aliphatic heterocycles. The molecule has 1 heterocycles. The van der Waals surface area contributed by atoms with E-state index in [-0.39, 0.29) is 0 Å². The van der Waals surface area contributed by atoms with Gasteiger partial charge in [-0.05, 0) is 0 Å². The van der Waals surface area contributed by atoms with E-state index < -0.39 is 0 Å². The van der Waals surface area contributed by atoms with Crippen molar-refractivity contribution in [3.8, 4) is 0 Å². The molecule has 1 aromatic heterocycles. The van der Waals surface area contributed by atoms with Crippen LogP contribution in [0.25, 0.3) is 10.9 Å². The van der Waals surface area contributed by atoms with Gasteiger partial charge in [-0.2, -0.15) is 0 Å². The van der Waals surface area contributed by atoms with Gasteiger partial charge in [-0.1, -0.05) is 0 Å². The molecule has 0 saturated carbocycles. The summed E-state index contributed by atoms with van der Waals surface area (Å²) >= 11 is 0.511. The quantitative estimate of drug-likeness (QED) is 0.486. The average Bonchev–Trinajstić information content (AvgIpc) is 2.28. The van der Waals surface area contributed by atoms with E-state index in [2.05, 4.69) is 5.10 Å². The molecular weight excluding hydrogens is 356 g/mol. The van der Waals surface area contributed by atoms with Gasteiger partial charge in [0.15, 0.2) is 0 Å². The predicted molar refractivity (Wildman–Crippen MR) is 50.5 cm³/mol. The molecule has 0 atom stereocenters. The Hall–Kier alpha value is -0.848. The summed E-state index contributed by atoms with van der Waals surface area (Å²) in [6.07, 6.45) is 0. The number of aromatic nitrogens is 2. The first-order valence-corrected chi connectivity index (χ1v) is 6.10. The molecule has 3 nitrogen and oxygen atoms in total. The summed E-state index contributed by atoms with van der Waals surface area (Å²) in [4.78, 5) is 11.3. The van der Waals surface area contributed by atoms with E-state index in [0.29, 0.717) is 30.3 Å². The van der Waals surface area contributed by atoms with Gasteiger partial charge < -0.3 is 0 Å². The van der Waals surface area contributed by atoms with Gasteiger partial charge in [-0.25, -0.2) is 0 Å². The molecule has 0 saturated heterocycles. The van der Waals surface area contributed by atoms with Crippen LogP contribution in [0.15, 0.2) is 36.4 Å². The summed E-state index contributed by atoms with van der Waals surface area (Å²) in [5, 5.41) is 4.94. The first-order valence-electron chi connectivity index (χ1n) is 3.86. The van der Waals surface area contributed by atoms with Crippen molar-refractivity contribution >= 4 is 39.9 Å². The normalized spacial score (nSPS) is 10.1. The molecule has 2 aromatic rings. The number of fused-ring (bicyclic) bond motifs is 1. The zero-order chi connectivity index (χ0) is 9.26. The molecule has 60 valence electrons. The molecule has 1 aromatic carbocycles. The van der Waals surface area contributed by atoms with E-state index in [1.165, 1.54) is 0 Å². The first-order chi connectivity index (χ1) is 6.27. The maximum absolute atomic E-state index is 11.3. The average molecular weight is 363 g/mol. The van der Waals surface area contributed by atoms with Crippen molar-refractivity contribution in [2.75, 3.05) is 0 Å². The van der Waals surface area contributed by atoms with Gasteiger partial charge in [0.05, 0.1) is 0 Å². The van der Waals surface area contributed by atoms with E-state index in [9.17, 15) is 4.91 Å². The number of hydrogen-bond acceptors (Lipinski definition) is 2. The second kappa shape index (κ2) is 3.49. The van der Waals surface area contributed by atoms with Crippen LogP contribution in [0.3, 0.4) is 0 Å². The fraction of sp³-hybridized carbons (Fsp3) is 0. The molecule has 13 heavy (non-hydrogen) atoms. The van der Waals surface area contributed by atoms with E-state index in [4.69, 9.17) is 0 Å². The third-order valence-corrected chi connectivity index (χ3v) is 3.40. The second-order valence-electron chi connectivity index (χ2n) is 2.69. The minimum atomic E-state index is 0.511. The van der Waals surface area contributed by atoms with Crippen LogP contribution in [0, 0.1) is 4.91 Å². The predicted octanol–water partition coefficient (Wildman–Crippen LogP) is -0.0569. The molecule has 2 rings (SSSR count). The SMILES string of the molecule is O=[n+]1nc2ccccc2cc[c]1[Tl]. The Morgan fingerprint density at radius 2 is 1.92 bits per heavy atom. The van der Waals surface area contributed by atoms with Crippen LogP contribution >= 0.6 is 0 Å². The molecule has 0 bridgehead atoms. The Morgan fingerprint density at radius 3 is 2.77 bits per heavy atom. The molecule has 0 N–H and O–H groups in total. The Labute approximate surface area is 90.7 Å². The van der Waals surface area contributed by atoms with E-state index >= 15 is 0 Å². The van der Waals surface area contributed by atoms with Gasteiger partial charge in [0.1, 0.15) is 0 Å². The summed E-state index contributed by atoms with van der Waals surface area (Å²) in [7, 11) is 0. The van der Waals surface area contributed by atoms with Crippen LogP contribution in [-0.2, 0) is 0 Å². The summed E-state index contributed by atoms with van der Waals surface area (Å²) in [6.45, 7) is 0. The van der Waals surface area contributed by atoms with Crippen LogP contribution < -0.4 is 7.80 Å². The molecule has 0 fully saturated rings. The zero-order valence-corrected chi connectivity index (χ0v) is 11.3. The van der Waals surface area contributed by atoms with Crippen LogP contribution in [-0.4, -0.2) is 30.9 Å². The van der Waals surface area contributed by atoms with Crippen LogP contribution in [0.5, 0.6) is 0 Å². The van der Waals surface area contributed by atoms with Gasteiger partial charge in [0.2, 0.25) is 0 Å². The fourth-order valence-electron chi connectivity index (χ4n) is 1.11. The third kappa shape index (κ3) is 1.74. The van der Waals surface area contributed by atoms with Crippen LogP contribution in [0.4, 0.5) is 0 Å². The van der Waals surface area contributed by atoms with E-state index in [0.717, 1.165) is 14.2 Å². The Kier molecular flexibility index (Phi) is 2.34. The molecule has 0 unspecified atom stereocenters. The Morgan fingerprint density at radius 1 is 1.15 bits per heavy atom. The second-order valence-corrected chi connectivity index (χ2v) is 4.99. The van der Waals surface area contributed by atoms with Gasteiger partial charge in [-0.3, -0.25) is 0 Å². The molecule has 0 aliphatic carbocycles. The van der Waals surface area contributed by atoms with Crippen LogP contribution in [0.2, 0.25) is 0 Å². The third-order valence-electron chi connectivity index (χ3n) is 1.79. The molecule has 4 heteroatoms. The zero-order valence-electron chi connectivity index (χ0n) is 6.84. The van der Waals surface area contributed by atoms with Crippen molar-refractivity contribution in [2.24, 2.45) is 0 Å². The van der Waals surface area contributed by atoms with Crippen molar-refractivity contribution in [1.82, 2.24) is 5.10 Å². The van der Waals surface area contributed by atoms with Gasteiger partial charge >= 0.3 is 90.9 Å².